The van der Waals surface area contributed by atoms with Crippen LogP contribution in [0.15, 0.2) is 23.0 Å². The average Bonchev–Trinajstić information content (AvgIpc) is 3.11. The molecule has 3 aromatic rings. The van der Waals surface area contributed by atoms with Gasteiger partial charge in [-0.2, -0.15) is 16.4 Å². The molecule has 0 bridgehead atoms. The predicted octanol–water partition coefficient (Wildman–Crippen LogP) is 3.46. The first kappa shape index (κ1) is 13.0. The van der Waals surface area contributed by atoms with E-state index in [1.54, 1.807) is 17.5 Å². The van der Waals surface area contributed by atoms with Gasteiger partial charge in [0, 0.05) is 16.5 Å². The third kappa shape index (κ3) is 2.37. The molecule has 0 unspecified atom stereocenters. The molecule has 7 heteroatoms. The van der Waals surface area contributed by atoms with Gasteiger partial charge in [0.2, 0.25) is 0 Å². The summed E-state index contributed by atoms with van der Waals surface area (Å²) in [5.74, 6) is 0.466. The molecule has 5 nitrogen and oxygen atoms in total. The molecule has 1 amide bonds. The van der Waals surface area contributed by atoms with Crippen LogP contribution in [0, 0.1) is 13.8 Å². The Morgan fingerprint density at radius 3 is 2.90 bits per heavy atom. The van der Waals surface area contributed by atoms with Crippen LogP contribution in [0.5, 0.6) is 0 Å². The van der Waals surface area contributed by atoms with Gasteiger partial charge in [0.25, 0.3) is 5.91 Å². The van der Waals surface area contributed by atoms with Crippen molar-refractivity contribution in [3.63, 3.8) is 0 Å². The third-order valence-corrected chi connectivity index (χ3v) is 4.73. The molecular formula is C13H12N4OS2. The van der Waals surface area contributed by atoms with E-state index in [1.165, 1.54) is 11.3 Å². The van der Waals surface area contributed by atoms with Crippen molar-refractivity contribution >= 4 is 34.4 Å². The highest BCUT2D eigenvalue weighted by molar-refractivity contribution is 7.17. The van der Waals surface area contributed by atoms with Crippen molar-refractivity contribution in [2.24, 2.45) is 0 Å². The summed E-state index contributed by atoms with van der Waals surface area (Å²) in [6.45, 7) is 3.73. The lowest BCUT2D eigenvalue weighted by atomic mass is 10.3. The minimum Gasteiger partial charge on any atom is -0.306 e. The smallest absolute Gasteiger partial charge is 0.268 e. The standard InChI is InChI=1S/C13H12N4OS2/c1-7-5-14-17-11(7)16-12(18)10-8(2)15-13(20-10)9-3-4-19-6-9/h3-6H,1-2H3,(H2,14,16,17,18). The van der Waals surface area contributed by atoms with Gasteiger partial charge in [0.15, 0.2) is 0 Å². The van der Waals surface area contributed by atoms with Crippen LogP contribution in [0.3, 0.4) is 0 Å². The number of carbonyl (C=O) groups is 1. The Hall–Kier alpha value is -1.99. The van der Waals surface area contributed by atoms with Crippen LogP contribution >= 0.6 is 22.7 Å². The van der Waals surface area contributed by atoms with Crippen LogP contribution in [0.2, 0.25) is 0 Å². The normalized spacial score (nSPS) is 10.7. The number of aromatic amines is 1. The summed E-state index contributed by atoms with van der Waals surface area (Å²) in [5, 5.41) is 14.4. The number of anilines is 1. The van der Waals surface area contributed by atoms with Crippen LogP contribution in [-0.2, 0) is 0 Å². The molecule has 0 saturated heterocycles. The van der Waals surface area contributed by atoms with Gasteiger partial charge in [-0.15, -0.1) is 11.3 Å². The van der Waals surface area contributed by atoms with E-state index in [1.807, 2.05) is 30.7 Å². The van der Waals surface area contributed by atoms with Crippen molar-refractivity contribution < 1.29 is 4.79 Å². The van der Waals surface area contributed by atoms with Gasteiger partial charge >= 0.3 is 0 Å². The van der Waals surface area contributed by atoms with Crippen LogP contribution in [0.1, 0.15) is 20.9 Å². The van der Waals surface area contributed by atoms with Crippen LogP contribution in [-0.4, -0.2) is 21.1 Å². The Bertz CT molecular complexity index is 742. The van der Waals surface area contributed by atoms with E-state index in [4.69, 9.17) is 0 Å². The predicted molar refractivity (Wildman–Crippen MR) is 81.4 cm³/mol. The SMILES string of the molecule is Cc1cn[nH]c1NC(=O)c1sc(-c2ccsc2)nc1C. The third-order valence-electron chi connectivity index (χ3n) is 2.84. The van der Waals surface area contributed by atoms with Crippen molar-refractivity contribution in [3.8, 4) is 10.6 Å². The van der Waals surface area contributed by atoms with E-state index in [9.17, 15) is 4.79 Å². The molecule has 0 aromatic carbocycles. The number of hydrogen-bond acceptors (Lipinski definition) is 5. The molecule has 2 N–H and O–H groups in total. The Kier molecular flexibility index (Phi) is 3.37. The number of thiophene rings is 1. The molecule has 3 rings (SSSR count). The van der Waals surface area contributed by atoms with Crippen molar-refractivity contribution in [1.29, 1.82) is 0 Å². The lowest BCUT2D eigenvalue weighted by molar-refractivity contribution is 0.102. The molecule has 102 valence electrons. The molecular weight excluding hydrogens is 292 g/mol. The van der Waals surface area contributed by atoms with Gasteiger partial charge in [-0.05, 0) is 25.3 Å². The summed E-state index contributed by atoms with van der Waals surface area (Å²) in [6.07, 6.45) is 1.67. The Balaban J connectivity index is 1.87. The summed E-state index contributed by atoms with van der Waals surface area (Å²) in [5.41, 5.74) is 2.70. The second kappa shape index (κ2) is 5.18. The molecule has 0 spiro atoms. The number of aromatic nitrogens is 3. The molecule has 0 aliphatic rings. The lowest BCUT2D eigenvalue weighted by Crippen LogP contribution is -2.12. The first-order valence-corrected chi connectivity index (χ1v) is 7.72. The first-order chi connectivity index (χ1) is 9.65. The number of thiazole rings is 1. The average molecular weight is 304 g/mol. The zero-order chi connectivity index (χ0) is 14.1. The maximum Gasteiger partial charge on any atom is 0.268 e. The molecule has 0 saturated carbocycles. The summed E-state index contributed by atoms with van der Waals surface area (Å²) in [6, 6.07) is 2.00. The minimum absolute atomic E-state index is 0.158. The number of nitrogens with one attached hydrogen (secondary N) is 2. The van der Waals surface area contributed by atoms with E-state index in [0.29, 0.717) is 10.7 Å². The monoisotopic (exact) mass is 304 g/mol. The molecule has 0 atom stereocenters. The summed E-state index contributed by atoms with van der Waals surface area (Å²) in [4.78, 5) is 17.4. The van der Waals surface area contributed by atoms with Crippen molar-refractivity contribution in [1.82, 2.24) is 15.2 Å². The van der Waals surface area contributed by atoms with Crippen LogP contribution < -0.4 is 5.32 Å². The quantitative estimate of drug-likeness (QED) is 0.778. The van der Waals surface area contributed by atoms with Crippen molar-refractivity contribution in [3.05, 3.63) is 39.2 Å². The van der Waals surface area contributed by atoms with E-state index in [-0.39, 0.29) is 5.91 Å². The van der Waals surface area contributed by atoms with Gasteiger partial charge < -0.3 is 5.32 Å². The maximum absolute atomic E-state index is 12.3. The summed E-state index contributed by atoms with van der Waals surface area (Å²) >= 11 is 3.02. The van der Waals surface area contributed by atoms with E-state index in [2.05, 4.69) is 20.5 Å². The molecule has 0 aliphatic carbocycles. The molecule has 20 heavy (non-hydrogen) atoms. The Labute approximate surface area is 123 Å². The Morgan fingerprint density at radius 2 is 2.25 bits per heavy atom. The zero-order valence-corrected chi connectivity index (χ0v) is 12.6. The van der Waals surface area contributed by atoms with Crippen LogP contribution in [0.25, 0.3) is 10.6 Å². The maximum atomic E-state index is 12.3. The highest BCUT2D eigenvalue weighted by atomic mass is 32.1. The molecule has 0 fully saturated rings. The topological polar surface area (TPSA) is 70.7 Å². The van der Waals surface area contributed by atoms with E-state index in [0.717, 1.165) is 21.8 Å². The molecule has 0 aliphatic heterocycles. The number of hydrogen-bond donors (Lipinski definition) is 2. The van der Waals surface area contributed by atoms with Gasteiger partial charge in [-0.3, -0.25) is 9.89 Å². The number of carbonyl (C=O) groups excluding carboxylic acids is 1. The fraction of sp³-hybridized carbons (Fsp3) is 0.154. The van der Waals surface area contributed by atoms with Crippen molar-refractivity contribution in [2.45, 2.75) is 13.8 Å². The second-order valence-electron chi connectivity index (χ2n) is 4.33. The summed E-state index contributed by atoms with van der Waals surface area (Å²) in [7, 11) is 0. The lowest BCUT2D eigenvalue weighted by Gasteiger charge is -2.01. The number of H-pyrrole nitrogens is 1. The van der Waals surface area contributed by atoms with Gasteiger partial charge in [-0.25, -0.2) is 4.98 Å². The van der Waals surface area contributed by atoms with E-state index < -0.39 is 0 Å². The Morgan fingerprint density at radius 1 is 1.40 bits per heavy atom. The second-order valence-corrected chi connectivity index (χ2v) is 6.11. The van der Waals surface area contributed by atoms with Crippen molar-refractivity contribution in [2.75, 3.05) is 5.32 Å². The fourth-order valence-corrected chi connectivity index (χ4v) is 3.43. The first-order valence-electron chi connectivity index (χ1n) is 5.96. The number of rotatable bonds is 3. The largest absolute Gasteiger partial charge is 0.306 e. The minimum atomic E-state index is -0.158. The van der Waals surface area contributed by atoms with E-state index >= 15 is 0 Å². The molecule has 3 heterocycles. The van der Waals surface area contributed by atoms with Crippen LogP contribution in [0.4, 0.5) is 5.82 Å². The van der Waals surface area contributed by atoms with Gasteiger partial charge in [-0.1, -0.05) is 0 Å². The number of amides is 1. The van der Waals surface area contributed by atoms with Gasteiger partial charge in [0.1, 0.15) is 15.7 Å². The zero-order valence-electron chi connectivity index (χ0n) is 10.9. The highest BCUT2D eigenvalue weighted by Gasteiger charge is 2.17. The number of nitrogens with zero attached hydrogens (tertiary/aromatic N) is 2. The molecule has 0 radical (unpaired) electrons. The highest BCUT2D eigenvalue weighted by Crippen LogP contribution is 2.29. The summed E-state index contributed by atoms with van der Waals surface area (Å²) < 4.78 is 0. The number of aryl methyl sites for hydroxylation is 2. The van der Waals surface area contributed by atoms with Gasteiger partial charge in [0.05, 0.1) is 11.9 Å². The fourth-order valence-electron chi connectivity index (χ4n) is 1.76. The molecule has 3 aromatic heterocycles.